The van der Waals surface area contributed by atoms with Gasteiger partial charge in [-0.15, -0.1) is 0 Å². The van der Waals surface area contributed by atoms with Crippen LogP contribution in [0.15, 0.2) is 16.7 Å². The number of carbonyl (C=O) groups is 2. The summed E-state index contributed by atoms with van der Waals surface area (Å²) in [5.74, 6) is -0.471. The molecule has 0 fully saturated rings. The summed E-state index contributed by atoms with van der Waals surface area (Å²) >= 11 is 0. The third-order valence-corrected chi connectivity index (χ3v) is 2.74. The van der Waals surface area contributed by atoms with E-state index in [2.05, 4.69) is 20.4 Å². The Labute approximate surface area is 120 Å². The second-order valence-corrected chi connectivity index (χ2v) is 4.38. The molecule has 0 radical (unpaired) electrons. The molecule has 2 N–H and O–H groups in total. The number of aromatic nitrogens is 3. The molecule has 0 bridgehead atoms. The zero-order valence-corrected chi connectivity index (χ0v) is 11.6. The summed E-state index contributed by atoms with van der Waals surface area (Å²) in [4.78, 5) is 30.8. The highest BCUT2D eigenvalue weighted by Crippen LogP contribution is 2.07. The minimum Gasteiger partial charge on any atom is -0.478 e. The van der Waals surface area contributed by atoms with Gasteiger partial charge < -0.3 is 14.9 Å². The number of amides is 1. The number of rotatable bonds is 5. The molecule has 1 amide bonds. The van der Waals surface area contributed by atoms with E-state index in [1.165, 1.54) is 12.1 Å². The smallest absolute Gasteiger partial charge is 0.337 e. The average molecular weight is 290 g/mol. The molecule has 0 aromatic carbocycles. The van der Waals surface area contributed by atoms with Gasteiger partial charge in [-0.25, -0.2) is 9.78 Å². The quantitative estimate of drug-likeness (QED) is 0.834. The predicted molar refractivity (Wildman–Crippen MR) is 71.0 cm³/mol. The van der Waals surface area contributed by atoms with Crippen LogP contribution in [0, 0.1) is 13.8 Å². The number of pyridine rings is 1. The Bertz CT molecular complexity index is 681. The van der Waals surface area contributed by atoms with Crippen molar-refractivity contribution in [3.05, 3.63) is 40.8 Å². The molecule has 0 atom stereocenters. The van der Waals surface area contributed by atoms with E-state index in [0.29, 0.717) is 30.4 Å². The summed E-state index contributed by atoms with van der Waals surface area (Å²) in [6, 6.07) is 2.74. The molecule has 2 aromatic rings. The second kappa shape index (κ2) is 6.12. The van der Waals surface area contributed by atoms with Crippen LogP contribution in [0.5, 0.6) is 0 Å². The maximum atomic E-state index is 11.9. The van der Waals surface area contributed by atoms with Crippen LogP contribution in [0.1, 0.15) is 38.3 Å². The van der Waals surface area contributed by atoms with Gasteiger partial charge in [0.2, 0.25) is 5.89 Å². The highest BCUT2D eigenvalue weighted by atomic mass is 16.5. The molecule has 0 aliphatic carbocycles. The number of aromatic carboxylic acids is 1. The van der Waals surface area contributed by atoms with Crippen LogP contribution in [0.25, 0.3) is 0 Å². The van der Waals surface area contributed by atoms with Gasteiger partial charge in [-0.1, -0.05) is 5.16 Å². The Balaban J connectivity index is 1.94. The predicted octanol–water partition coefficient (Wildman–Crippen LogP) is 0.752. The number of carboxylic acids is 1. The Morgan fingerprint density at radius 1 is 1.29 bits per heavy atom. The Hall–Kier alpha value is -2.77. The molecule has 21 heavy (non-hydrogen) atoms. The van der Waals surface area contributed by atoms with Gasteiger partial charge in [0, 0.05) is 13.0 Å². The van der Waals surface area contributed by atoms with Gasteiger partial charge in [-0.3, -0.25) is 4.79 Å². The van der Waals surface area contributed by atoms with Crippen LogP contribution in [0.3, 0.4) is 0 Å². The van der Waals surface area contributed by atoms with E-state index in [9.17, 15) is 9.59 Å². The molecule has 2 rings (SSSR count). The first-order valence-corrected chi connectivity index (χ1v) is 6.25. The fourth-order valence-electron chi connectivity index (χ4n) is 1.73. The van der Waals surface area contributed by atoms with E-state index >= 15 is 0 Å². The van der Waals surface area contributed by atoms with Crippen LogP contribution < -0.4 is 5.32 Å². The maximum absolute atomic E-state index is 11.9. The molecule has 0 spiro atoms. The minimum absolute atomic E-state index is 0.0767. The molecule has 110 valence electrons. The van der Waals surface area contributed by atoms with Crippen LogP contribution in [-0.2, 0) is 6.42 Å². The van der Waals surface area contributed by atoms with Crippen LogP contribution in [0.2, 0.25) is 0 Å². The minimum atomic E-state index is -1.07. The summed E-state index contributed by atoms with van der Waals surface area (Å²) in [5.41, 5.74) is 0.537. The average Bonchev–Trinajstić information content (AvgIpc) is 2.83. The summed E-state index contributed by atoms with van der Waals surface area (Å²) in [7, 11) is 0. The van der Waals surface area contributed by atoms with Crippen molar-refractivity contribution in [3.63, 3.8) is 0 Å². The van der Waals surface area contributed by atoms with Crippen LogP contribution in [-0.4, -0.2) is 38.7 Å². The van der Waals surface area contributed by atoms with Crippen molar-refractivity contribution < 1.29 is 19.2 Å². The van der Waals surface area contributed by atoms with E-state index in [0.717, 1.165) is 0 Å². The summed E-state index contributed by atoms with van der Waals surface area (Å²) in [5, 5.41) is 15.2. The fraction of sp³-hybridized carbons (Fsp3) is 0.308. The van der Waals surface area contributed by atoms with Crippen molar-refractivity contribution in [1.29, 1.82) is 0 Å². The fourth-order valence-corrected chi connectivity index (χ4v) is 1.73. The maximum Gasteiger partial charge on any atom is 0.337 e. The first-order valence-electron chi connectivity index (χ1n) is 6.25. The first-order chi connectivity index (χ1) is 9.97. The molecule has 8 heteroatoms. The number of aryl methyl sites for hydroxylation is 2. The van der Waals surface area contributed by atoms with Gasteiger partial charge in [0.05, 0.1) is 11.3 Å². The van der Waals surface area contributed by atoms with Crippen molar-refractivity contribution in [2.45, 2.75) is 20.3 Å². The highest BCUT2D eigenvalue weighted by molar-refractivity contribution is 5.94. The van der Waals surface area contributed by atoms with Gasteiger partial charge in [0.1, 0.15) is 5.69 Å². The molecule has 0 aliphatic rings. The molecule has 2 heterocycles. The SMILES string of the molecule is Cc1noc(CCNC(=O)c2ccc(C(=O)O)c(C)n2)n1. The molecular formula is C13H14N4O4. The molecular weight excluding hydrogens is 276 g/mol. The number of nitrogens with one attached hydrogen (secondary N) is 1. The van der Waals surface area contributed by atoms with Gasteiger partial charge >= 0.3 is 5.97 Å². The van der Waals surface area contributed by atoms with Crippen LogP contribution in [0.4, 0.5) is 0 Å². The van der Waals surface area contributed by atoms with Crippen molar-refractivity contribution in [2.24, 2.45) is 0 Å². The monoisotopic (exact) mass is 290 g/mol. The van der Waals surface area contributed by atoms with Crippen molar-refractivity contribution in [1.82, 2.24) is 20.4 Å². The van der Waals surface area contributed by atoms with Crippen molar-refractivity contribution in [2.75, 3.05) is 6.54 Å². The number of carboxylic acid groups (broad SMARTS) is 1. The van der Waals surface area contributed by atoms with Gasteiger partial charge in [0.25, 0.3) is 5.91 Å². The Morgan fingerprint density at radius 2 is 2.05 bits per heavy atom. The van der Waals surface area contributed by atoms with E-state index < -0.39 is 5.97 Å². The lowest BCUT2D eigenvalue weighted by Gasteiger charge is -2.05. The molecule has 0 unspecified atom stereocenters. The molecule has 2 aromatic heterocycles. The van der Waals surface area contributed by atoms with E-state index in [-0.39, 0.29) is 17.2 Å². The lowest BCUT2D eigenvalue weighted by atomic mass is 10.2. The third-order valence-electron chi connectivity index (χ3n) is 2.74. The zero-order valence-electron chi connectivity index (χ0n) is 11.6. The van der Waals surface area contributed by atoms with Gasteiger partial charge in [-0.2, -0.15) is 4.98 Å². The van der Waals surface area contributed by atoms with Crippen LogP contribution >= 0.6 is 0 Å². The lowest BCUT2D eigenvalue weighted by molar-refractivity contribution is 0.0694. The first kappa shape index (κ1) is 14.6. The molecule has 0 saturated carbocycles. The normalized spacial score (nSPS) is 10.4. The van der Waals surface area contributed by atoms with E-state index in [4.69, 9.17) is 9.63 Å². The molecule has 0 saturated heterocycles. The summed E-state index contributed by atoms with van der Waals surface area (Å²) < 4.78 is 4.92. The van der Waals surface area contributed by atoms with Crippen molar-refractivity contribution in [3.8, 4) is 0 Å². The number of hydrogen-bond acceptors (Lipinski definition) is 6. The van der Waals surface area contributed by atoms with E-state index in [1.807, 2.05) is 0 Å². The summed E-state index contributed by atoms with van der Waals surface area (Å²) in [6.45, 7) is 3.58. The largest absolute Gasteiger partial charge is 0.478 e. The number of nitrogens with zero attached hydrogens (tertiary/aromatic N) is 3. The van der Waals surface area contributed by atoms with Gasteiger partial charge in [-0.05, 0) is 26.0 Å². The summed E-state index contributed by atoms with van der Waals surface area (Å²) in [6.07, 6.45) is 0.415. The highest BCUT2D eigenvalue weighted by Gasteiger charge is 2.13. The lowest BCUT2D eigenvalue weighted by Crippen LogP contribution is -2.27. The standard InChI is InChI=1S/C13H14N4O4/c1-7-9(13(19)20)3-4-10(15-7)12(18)14-6-5-11-16-8(2)17-21-11/h3-4H,5-6H2,1-2H3,(H,14,18)(H,19,20). The number of hydrogen-bond donors (Lipinski definition) is 2. The Morgan fingerprint density at radius 3 is 2.62 bits per heavy atom. The number of carbonyl (C=O) groups excluding carboxylic acids is 1. The van der Waals surface area contributed by atoms with Gasteiger partial charge in [0.15, 0.2) is 5.82 Å². The topological polar surface area (TPSA) is 118 Å². The van der Waals surface area contributed by atoms with Crippen molar-refractivity contribution >= 4 is 11.9 Å². The third kappa shape index (κ3) is 3.62. The Kier molecular flexibility index (Phi) is 4.27. The molecule has 8 nitrogen and oxygen atoms in total. The zero-order chi connectivity index (χ0) is 15.4. The second-order valence-electron chi connectivity index (χ2n) is 4.38. The molecule has 0 aliphatic heterocycles. The van der Waals surface area contributed by atoms with E-state index in [1.54, 1.807) is 13.8 Å².